The lowest BCUT2D eigenvalue weighted by Gasteiger charge is -2.36. The summed E-state index contributed by atoms with van der Waals surface area (Å²) in [5.41, 5.74) is 2.35. The van der Waals surface area contributed by atoms with Gasteiger partial charge in [0.1, 0.15) is 23.9 Å². The topological polar surface area (TPSA) is 34.2 Å². The Balaban J connectivity index is 1.13. The number of methoxy groups -OCH3 is 1. The summed E-state index contributed by atoms with van der Waals surface area (Å²) >= 11 is 0. The monoisotopic (exact) mass is 432 g/mol. The van der Waals surface area contributed by atoms with Crippen molar-refractivity contribution >= 4 is 5.69 Å². The van der Waals surface area contributed by atoms with E-state index >= 15 is 0 Å². The van der Waals surface area contributed by atoms with Gasteiger partial charge in [0.2, 0.25) is 0 Å². The molecule has 0 atom stereocenters. The van der Waals surface area contributed by atoms with Gasteiger partial charge in [0.25, 0.3) is 0 Å². The van der Waals surface area contributed by atoms with E-state index in [0.717, 1.165) is 68.6 Å². The van der Waals surface area contributed by atoms with E-state index in [4.69, 9.17) is 14.2 Å². The van der Waals surface area contributed by atoms with E-state index in [1.54, 1.807) is 7.11 Å². The molecule has 0 radical (unpaired) electrons. The van der Waals surface area contributed by atoms with Crippen molar-refractivity contribution in [2.45, 2.75) is 13.0 Å². The van der Waals surface area contributed by atoms with Gasteiger partial charge in [-0.1, -0.05) is 42.5 Å². The van der Waals surface area contributed by atoms with Crippen molar-refractivity contribution in [2.24, 2.45) is 0 Å². The summed E-state index contributed by atoms with van der Waals surface area (Å²) < 4.78 is 17.3. The smallest absolute Gasteiger partial charge is 0.142 e. The van der Waals surface area contributed by atoms with Crippen LogP contribution in [0.1, 0.15) is 12.0 Å². The molecule has 168 valence electrons. The van der Waals surface area contributed by atoms with Crippen LogP contribution in [0.5, 0.6) is 17.2 Å². The van der Waals surface area contributed by atoms with Crippen molar-refractivity contribution in [2.75, 3.05) is 51.3 Å². The first-order chi connectivity index (χ1) is 15.8. The first kappa shape index (κ1) is 22.0. The van der Waals surface area contributed by atoms with E-state index < -0.39 is 0 Å². The Kier molecular flexibility index (Phi) is 7.88. The Hall–Kier alpha value is -3.18. The van der Waals surface area contributed by atoms with Crippen LogP contribution in [0.25, 0.3) is 0 Å². The van der Waals surface area contributed by atoms with Gasteiger partial charge in [-0.2, -0.15) is 0 Å². The van der Waals surface area contributed by atoms with Gasteiger partial charge in [0.05, 0.1) is 19.4 Å². The second-order valence-electron chi connectivity index (χ2n) is 7.95. The van der Waals surface area contributed by atoms with E-state index in [9.17, 15) is 0 Å². The molecule has 0 bridgehead atoms. The molecule has 5 nitrogen and oxygen atoms in total. The molecule has 4 rings (SSSR count). The molecule has 1 aliphatic rings. The predicted molar refractivity (Wildman–Crippen MR) is 129 cm³/mol. The van der Waals surface area contributed by atoms with E-state index in [1.165, 1.54) is 5.69 Å². The van der Waals surface area contributed by atoms with Crippen LogP contribution in [0.2, 0.25) is 0 Å². The number of hydrogen-bond donors (Lipinski definition) is 0. The zero-order valence-corrected chi connectivity index (χ0v) is 18.8. The van der Waals surface area contributed by atoms with Gasteiger partial charge in [0.15, 0.2) is 0 Å². The van der Waals surface area contributed by atoms with Crippen molar-refractivity contribution in [1.29, 1.82) is 0 Å². The van der Waals surface area contributed by atoms with E-state index in [-0.39, 0.29) is 0 Å². The predicted octanol–water partition coefficient (Wildman–Crippen LogP) is 4.87. The number of hydrogen-bond acceptors (Lipinski definition) is 5. The van der Waals surface area contributed by atoms with Crippen LogP contribution >= 0.6 is 0 Å². The maximum Gasteiger partial charge on any atom is 0.142 e. The minimum atomic E-state index is 0.575. The van der Waals surface area contributed by atoms with Crippen molar-refractivity contribution in [3.8, 4) is 17.2 Å². The molecule has 0 amide bonds. The maximum absolute atomic E-state index is 5.93. The highest BCUT2D eigenvalue weighted by Crippen LogP contribution is 2.28. The number of piperazine rings is 1. The fraction of sp³-hybridized carbons (Fsp3) is 0.333. The Labute approximate surface area is 191 Å². The zero-order chi connectivity index (χ0) is 22.0. The minimum Gasteiger partial charge on any atom is -0.495 e. The van der Waals surface area contributed by atoms with Gasteiger partial charge in [-0.05, 0) is 48.4 Å². The Morgan fingerprint density at radius 1 is 0.719 bits per heavy atom. The van der Waals surface area contributed by atoms with Crippen molar-refractivity contribution in [1.82, 2.24) is 4.90 Å². The van der Waals surface area contributed by atoms with Crippen LogP contribution in [0.4, 0.5) is 5.69 Å². The van der Waals surface area contributed by atoms with Crippen LogP contribution in [0.15, 0.2) is 78.9 Å². The maximum atomic E-state index is 5.93. The fourth-order valence-corrected chi connectivity index (χ4v) is 3.95. The highest BCUT2D eigenvalue weighted by atomic mass is 16.5. The molecule has 5 heteroatoms. The third-order valence-electron chi connectivity index (χ3n) is 5.76. The standard InChI is InChI=1S/C27H32N2O3/c1-30-27-11-6-5-10-26(27)29-19-17-28(18-20-29)16-7-21-31-24-12-14-25(15-13-24)32-22-23-8-3-2-4-9-23/h2-6,8-15H,7,16-22H2,1H3. The largest absolute Gasteiger partial charge is 0.495 e. The number of benzene rings is 3. The van der Waals surface area contributed by atoms with Gasteiger partial charge >= 0.3 is 0 Å². The molecule has 1 aliphatic heterocycles. The summed E-state index contributed by atoms with van der Waals surface area (Å²) in [5, 5.41) is 0. The molecule has 1 heterocycles. The summed E-state index contributed by atoms with van der Waals surface area (Å²) in [5.74, 6) is 2.69. The Morgan fingerprint density at radius 3 is 2.09 bits per heavy atom. The summed E-state index contributed by atoms with van der Waals surface area (Å²) in [4.78, 5) is 4.92. The minimum absolute atomic E-state index is 0.575. The molecule has 0 aliphatic carbocycles. The summed E-state index contributed by atoms with van der Waals surface area (Å²) in [6.07, 6.45) is 1.01. The lowest BCUT2D eigenvalue weighted by atomic mass is 10.2. The van der Waals surface area contributed by atoms with Crippen LogP contribution in [-0.4, -0.2) is 51.3 Å². The SMILES string of the molecule is COc1ccccc1N1CCN(CCCOc2ccc(OCc3ccccc3)cc2)CC1. The molecule has 1 saturated heterocycles. The van der Waals surface area contributed by atoms with Gasteiger partial charge in [-0.3, -0.25) is 4.90 Å². The first-order valence-corrected chi connectivity index (χ1v) is 11.3. The van der Waals surface area contributed by atoms with Crippen LogP contribution < -0.4 is 19.1 Å². The van der Waals surface area contributed by atoms with Crippen LogP contribution in [0, 0.1) is 0 Å². The second kappa shape index (κ2) is 11.4. The third kappa shape index (κ3) is 6.17. The van der Waals surface area contributed by atoms with E-state index in [2.05, 4.69) is 34.1 Å². The van der Waals surface area contributed by atoms with Crippen LogP contribution in [-0.2, 0) is 6.61 Å². The lowest BCUT2D eigenvalue weighted by molar-refractivity contribution is 0.224. The van der Waals surface area contributed by atoms with Gasteiger partial charge in [0, 0.05) is 32.7 Å². The van der Waals surface area contributed by atoms with Gasteiger partial charge < -0.3 is 19.1 Å². The molecule has 0 spiro atoms. The number of nitrogens with zero attached hydrogens (tertiary/aromatic N) is 2. The average molecular weight is 433 g/mol. The van der Waals surface area contributed by atoms with Crippen LogP contribution in [0.3, 0.4) is 0 Å². The summed E-state index contributed by atoms with van der Waals surface area (Å²) in [7, 11) is 1.74. The molecule has 0 N–H and O–H groups in total. The Bertz CT molecular complexity index is 939. The molecule has 0 saturated carbocycles. The molecular weight excluding hydrogens is 400 g/mol. The molecular formula is C27H32N2O3. The van der Waals surface area contributed by atoms with Gasteiger partial charge in [-0.25, -0.2) is 0 Å². The number of para-hydroxylation sites is 2. The number of rotatable bonds is 10. The lowest BCUT2D eigenvalue weighted by Crippen LogP contribution is -2.46. The highest BCUT2D eigenvalue weighted by molar-refractivity contribution is 5.58. The third-order valence-corrected chi connectivity index (χ3v) is 5.76. The summed E-state index contributed by atoms with van der Waals surface area (Å²) in [6.45, 7) is 6.51. The molecule has 3 aromatic rings. The first-order valence-electron chi connectivity index (χ1n) is 11.3. The van der Waals surface area contributed by atoms with Crippen molar-refractivity contribution < 1.29 is 14.2 Å². The normalized spacial score (nSPS) is 14.2. The van der Waals surface area contributed by atoms with Gasteiger partial charge in [-0.15, -0.1) is 0 Å². The molecule has 3 aromatic carbocycles. The number of anilines is 1. The average Bonchev–Trinajstić information content (AvgIpc) is 2.87. The number of ether oxygens (including phenoxy) is 3. The molecule has 32 heavy (non-hydrogen) atoms. The van der Waals surface area contributed by atoms with Crippen molar-refractivity contribution in [3.05, 3.63) is 84.4 Å². The molecule has 0 unspecified atom stereocenters. The second-order valence-corrected chi connectivity index (χ2v) is 7.95. The van der Waals surface area contributed by atoms with E-state index in [1.807, 2.05) is 54.6 Å². The quantitative estimate of drug-likeness (QED) is 0.427. The fourth-order valence-electron chi connectivity index (χ4n) is 3.95. The van der Waals surface area contributed by atoms with Crippen molar-refractivity contribution in [3.63, 3.8) is 0 Å². The summed E-state index contributed by atoms with van der Waals surface area (Å²) in [6, 6.07) is 26.3. The Morgan fingerprint density at radius 2 is 1.38 bits per heavy atom. The zero-order valence-electron chi connectivity index (χ0n) is 18.8. The highest BCUT2D eigenvalue weighted by Gasteiger charge is 2.19. The van der Waals surface area contributed by atoms with E-state index in [0.29, 0.717) is 6.61 Å². The molecule has 1 fully saturated rings. The molecule has 0 aromatic heterocycles.